The van der Waals surface area contributed by atoms with E-state index in [1.54, 1.807) is 24.8 Å². The van der Waals surface area contributed by atoms with Gasteiger partial charge in [0.25, 0.3) is 5.91 Å². The van der Waals surface area contributed by atoms with Crippen molar-refractivity contribution in [3.63, 3.8) is 0 Å². The lowest BCUT2D eigenvalue weighted by Crippen LogP contribution is -2.28. The monoisotopic (exact) mass is 408 g/mol. The number of benzene rings is 2. The Morgan fingerprint density at radius 2 is 1.85 bits per heavy atom. The summed E-state index contributed by atoms with van der Waals surface area (Å²) in [5.74, 6) is -0.166. The molecule has 0 spiro atoms. The van der Waals surface area contributed by atoms with Gasteiger partial charge in [-0.1, -0.05) is 19.1 Å². The minimum absolute atomic E-state index is 0.0588. The highest BCUT2D eigenvalue weighted by atomic mass is 32.2. The predicted molar refractivity (Wildman–Crippen MR) is 108 cm³/mol. The van der Waals surface area contributed by atoms with Gasteiger partial charge in [0, 0.05) is 17.0 Å². The van der Waals surface area contributed by atoms with Crippen LogP contribution in [0.15, 0.2) is 52.3 Å². The van der Waals surface area contributed by atoms with Crippen molar-refractivity contribution in [2.45, 2.75) is 29.7 Å². The van der Waals surface area contributed by atoms with Crippen molar-refractivity contribution in [2.24, 2.45) is 0 Å². The topological polar surface area (TPSA) is 84.5 Å². The van der Waals surface area contributed by atoms with Gasteiger partial charge in [-0.2, -0.15) is 0 Å². The molecule has 0 radical (unpaired) electrons. The molecule has 1 atom stereocenters. The lowest BCUT2D eigenvalue weighted by molar-refractivity contribution is 0.0939. The third-order valence-electron chi connectivity index (χ3n) is 4.01. The molecule has 0 aliphatic rings. The molecule has 0 aliphatic carbocycles. The number of nitrogens with one attached hydrogen (secondary N) is 2. The first-order valence-corrected chi connectivity index (χ1v) is 11.2. The molecule has 8 heteroatoms. The molecule has 0 aromatic heterocycles. The average Bonchev–Trinajstić information content (AvgIpc) is 2.67. The lowest BCUT2D eigenvalue weighted by atomic mass is 10.1. The van der Waals surface area contributed by atoms with E-state index in [1.165, 1.54) is 19.2 Å². The van der Waals surface area contributed by atoms with Crippen LogP contribution >= 0.6 is 11.8 Å². The molecule has 0 aliphatic heterocycles. The number of carbonyl (C=O) groups is 1. The van der Waals surface area contributed by atoms with Crippen LogP contribution < -0.4 is 14.8 Å². The molecule has 0 saturated heterocycles. The number of amides is 1. The Labute approximate surface area is 164 Å². The smallest absolute Gasteiger partial charge is 0.251 e. The second kappa shape index (κ2) is 9.25. The molecule has 2 rings (SSSR count). The van der Waals surface area contributed by atoms with Gasteiger partial charge >= 0.3 is 0 Å². The predicted octanol–water partition coefficient (Wildman–Crippen LogP) is 3.21. The number of hydrogen-bond acceptors (Lipinski definition) is 5. The summed E-state index contributed by atoms with van der Waals surface area (Å²) >= 11 is 1.65. The molecule has 146 valence electrons. The van der Waals surface area contributed by atoms with E-state index in [2.05, 4.69) is 10.0 Å². The fourth-order valence-electron chi connectivity index (χ4n) is 2.55. The van der Waals surface area contributed by atoms with E-state index in [9.17, 15) is 13.2 Å². The maximum Gasteiger partial charge on any atom is 0.251 e. The third kappa shape index (κ3) is 5.24. The van der Waals surface area contributed by atoms with Crippen LogP contribution in [-0.2, 0) is 10.0 Å². The Kier molecular flexibility index (Phi) is 7.29. The first-order chi connectivity index (χ1) is 12.8. The second-order valence-electron chi connectivity index (χ2n) is 5.84. The first kappa shape index (κ1) is 21.3. The summed E-state index contributed by atoms with van der Waals surface area (Å²) in [6, 6.07) is 12.1. The fraction of sp³-hybridized carbons (Fsp3) is 0.316. The Morgan fingerprint density at radius 3 is 2.41 bits per heavy atom. The largest absolute Gasteiger partial charge is 0.495 e. The molecule has 0 fully saturated rings. The Hall–Kier alpha value is -2.03. The van der Waals surface area contributed by atoms with Crippen LogP contribution in [0.25, 0.3) is 0 Å². The molecule has 0 unspecified atom stereocenters. The number of ether oxygens (including phenoxy) is 1. The molecule has 1 amide bonds. The van der Waals surface area contributed by atoms with Crippen molar-refractivity contribution in [1.82, 2.24) is 10.0 Å². The van der Waals surface area contributed by atoms with Crippen molar-refractivity contribution in [1.29, 1.82) is 0 Å². The summed E-state index contributed by atoms with van der Waals surface area (Å²) in [5.41, 5.74) is 1.22. The van der Waals surface area contributed by atoms with Gasteiger partial charge in [-0.05, 0) is 49.1 Å². The van der Waals surface area contributed by atoms with Crippen LogP contribution in [0.5, 0.6) is 5.75 Å². The number of sulfonamides is 1. The maximum atomic E-state index is 12.6. The summed E-state index contributed by atoms with van der Waals surface area (Å²) in [6.45, 7) is 3.81. The molecule has 0 heterocycles. The van der Waals surface area contributed by atoms with Gasteiger partial charge in [-0.25, -0.2) is 13.1 Å². The van der Waals surface area contributed by atoms with E-state index in [-0.39, 0.29) is 34.7 Å². The van der Waals surface area contributed by atoms with Crippen molar-refractivity contribution < 1.29 is 17.9 Å². The lowest BCUT2D eigenvalue weighted by Gasteiger charge is -2.16. The average molecular weight is 409 g/mol. The van der Waals surface area contributed by atoms with Crippen LogP contribution in [0.1, 0.15) is 35.8 Å². The van der Waals surface area contributed by atoms with Crippen molar-refractivity contribution in [3.8, 4) is 5.75 Å². The highest BCUT2D eigenvalue weighted by Crippen LogP contribution is 2.25. The summed E-state index contributed by atoms with van der Waals surface area (Å²) in [5, 5.41) is 2.90. The van der Waals surface area contributed by atoms with Gasteiger partial charge in [-0.15, -0.1) is 11.8 Å². The minimum Gasteiger partial charge on any atom is -0.495 e. The Bertz CT molecular complexity index is 896. The second-order valence-corrected chi connectivity index (χ2v) is 8.45. The number of rotatable bonds is 8. The molecular formula is C19H24N2O4S2. The molecular weight excluding hydrogens is 384 g/mol. The molecule has 2 aromatic rings. The number of thioether (sulfide) groups is 1. The van der Waals surface area contributed by atoms with Crippen LogP contribution in [0.2, 0.25) is 0 Å². The summed E-state index contributed by atoms with van der Waals surface area (Å²) in [4.78, 5) is 13.7. The van der Waals surface area contributed by atoms with Crippen molar-refractivity contribution in [3.05, 3.63) is 53.6 Å². The SMILES string of the molecule is CCNS(=O)(=O)c1cc(C(=O)N[C@H](C)c2ccc(SC)cc2)ccc1OC. The summed E-state index contributed by atoms with van der Waals surface area (Å²) in [6.07, 6.45) is 2.00. The Balaban J connectivity index is 2.25. The van der Waals surface area contributed by atoms with E-state index in [0.717, 1.165) is 10.5 Å². The maximum absolute atomic E-state index is 12.6. The highest BCUT2D eigenvalue weighted by molar-refractivity contribution is 7.98. The fourth-order valence-corrected chi connectivity index (χ4v) is 4.19. The zero-order chi connectivity index (χ0) is 20.0. The van der Waals surface area contributed by atoms with Gasteiger partial charge in [0.15, 0.2) is 0 Å². The zero-order valence-corrected chi connectivity index (χ0v) is 17.4. The number of carbonyl (C=O) groups excluding carboxylic acids is 1. The Morgan fingerprint density at radius 1 is 1.19 bits per heavy atom. The van der Waals surface area contributed by atoms with Crippen LogP contribution in [0.4, 0.5) is 0 Å². The van der Waals surface area contributed by atoms with Crippen LogP contribution in [0.3, 0.4) is 0 Å². The normalized spacial score (nSPS) is 12.4. The number of methoxy groups -OCH3 is 1. The quantitative estimate of drug-likeness (QED) is 0.655. The van der Waals surface area contributed by atoms with Gasteiger partial charge in [-0.3, -0.25) is 4.79 Å². The molecule has 27 heavy (non-hydrogen) atoms. The minimum atomic E-state index is -3.75. The van der Waals surface area contributed by atoms with Gasteiger partial charge < -0.3 is 10.1 Å². The van der Waals surface area contributed by atoms with Crippen molar-refractivity contribution >= 4 is 27.7 Å². The highest BCUT2D eigenvalue weighted by Gasteiger charge is 2.21. The van der Waals surface area contributed by atoms with Crippen LogP contribution in [0, 0.1) is 0 Å². The molecule has 2 aromatic carbocycles. The van der Waals surface area contributed by atoms with Gasteiger partial charge in [0.05, 0.1) is 13.2 Å². The standard InChI is InChI=1S/C19H24N2O4S2/c1-5-20-27(23,24)18-12-15(8-11-17(18)25-3)19(22)21-13(2)14-6-9-16(26-4)10-7-14/h6-13,20H,5H2,1-4H3,(H,21,22)/t13-/m1/s1. The van der Waals surface area contributed by atoms with E-state index >= 15 is 0 Å². The summed E-state index contributed by atoms with van der Waals surface area (Å²) in [7, 11) is -2.37. The molecule has 6 nitrogen and oxygen atoms in total. The third-order valence-corrected chi connectivity index (χ3v) is 6.32. The van der Waals surface area contributed by atoms with E-state index < -0.39 is 10.0 Å². The molecule has 2 N–H and O–H groups in total. The van der Waals surface area contributed by atoms with E-state index in [4.69, 9.17) is 4.74 Å². The first-order valence-electron chi connectivity index (χ1n) is 8.45. The molecule has 0 bridgehead atoms. The van der Waals surface area contributed by atoms with Gasteiger partial charge in [0.2, 0.25) is 10.0 Å². The summed E-state index contributed by atoms with van der Waals surface area (Å²) < 4.78 is 32.3. The number of hydrogen-bond donors (Lipinski definition) is 2. The van der Waals surface area contributed by atoms with Gasteiger partial charge in [0.1, 0.15) is 10.6 Å². The van der Waals surface area contributed by atoms with E-state index in [1.807, 2.05) is 37.4 Å². The van der Waals surface area contributed by atoms with Crippen molar-refractivity contribution in [2.75, 3.05) is 19.9 Å². The zero-order valence-electron chi connectivity index (χ0n) is 15.8. The van der Waals surface area contributed by atoms with Crippen LogP contribution in [-0.4, -0.2) is 34.2 Å². The molecule has 0 saturated carbocycles. The van der Waals surface area contributed by atoms with E-state index in [0.29, 0.717) is 0 Å².